The minimum absolute atomic E-state index is 0.701. The molecule has 2 nitrogen and oxygen atoms in total. The maximum Gasteiger partial charge on any atom is 0.160 e. The Bertz CT molecular complexity index is 2940. The van der Waals surface area contributed by atoms with Crippen LogP contribution in [0.15, 0.2) is 194 Å². The summed E-state index contributed by atoms with van der Waals surface area (Å²) < 4.78 is 2.59. The van der Waals surface area contributed by atoms with Gasteiger partial charge in [0, 0.05) is 36.9 Å². The quantitative estimate of drug-likeness (QED) is 0.173. The highest BCUT2D eigenvalue weighted by Crippen LogP contribution is 2.42. The molecular weight excluding hydrogens is 661 g/mol. The summed E-state index contributed by atoms with van der Waals surface area (Å²) in [4.78, 5) is 10.5. The van der Waals surface area contributed by atoms with Crippen molar-refractivity contribution in [2.75, 3.05) is 0 Å². The summed E-state index contributed by atoms with van der Waals surface area (Å²) in [7, 11) is 0. The van der Waals surface area contributed by atoms with Gasteiger partial charge in [0.2, 0.25) is 0 Å². The standard InChI is InChI=1S/C50H32N2S/c1-3-14-33(15-4-1)38-29-39(43-25-13-26-45-44-23-9-10-27-48(44)53-49(43)45)31-40(30-38)47-32-46(51-50(52-47)35-17-5-2-6-18-35)37-21-11-20-36(28-37)42-24-12-19-34-16-7-8-22-41(34)42/h1-32H. The first kappa shape index (κ1) is 31.1. The Morgan fingerprint density at radius 2 is 0.868 bits per heavy atom. The Hall–Kier alpha value is -6.68. The SMILES string of the molecule is c1ccc(-c2cc(-c3cc(-c4cccc(-c5cccc6ccccc56)c4)nc(-c4ccccc4)n3)cc(-c3cccc4c3sc3ccccc34)c2)cc1. The van der Waals surface area contributed by atoms with E-state index in [0.29, 0.717) is 5.82 Å². The van der Waals surface area contributed by atoms with E-state index in [-0.39, 0.29) is 0 Å². The molecule has 8 aromatic carbocycles. The van der Waals surface area contributed by atoms with E-state index in [1.54, 1.807) is 0 Å². The third kappa shape index (κ3) is 5.78. The summed E-state index contributed by atoms with van der Waals surface area (Å²) in [5, 5.41) is 5.05. The van der Waals surface area contributed by atoms with Gasteiger partial charge in [0.15, 0.2) is 5.82 Å². The van der Waals surface area contributed by atoms with Crippen molar-refractivity contribution in [2.24, 2.45) is 0 Å². The van der Waals surface area contributed by atoms with Gasteiger partial charge < -0.3 is 0 Å². The number of hydrogen-bond donors (Lipinski definition) is 0. The van der Waals surface area contributed by atoms with E-state index in [1.165, 1.54) is 47.6 Å². The maximum absolute atomic E-state index is 5.28. The van der Waals surface area contributed by atoms with Crippen molar-refractivity contribution in [3.05, 3.63) is 194 Å². The molecule has 0 amide bonds. The molecule has 10 aromatic rings. The third-order valence-electron chi connectivity index (χ3n) is 10.1. The van der Waals surface area contributed by atoms with Gasteiger partial charge in [-0.2, -0.15) is 0 Å². The highest BCUT2D eigenvalue weighted by Gasteiger charge is 2.16. The molecule has 0 radical (unpaired) electrons. The Labute approximate surface area is 312 Å². The lowest BCUT2D eigenvalue weighted by Crippen LogP contribution is -1.97. The first-order valence-corrected chi connectivity index (χ1v) is 18.7. The molecule has 0 atom stereocenters. The second-order valence-electron chi connectivity index (χ2n) is 13.4. The molecule has 0 saturated heterocycles. The van der Waals surface area contributed by atoms with E-state index >= 15 is 0 Å². The number of hydrogen-bond acceptors (Lipinski definition) is 3. The summed E-state index contributed by atoms with van der Waals surface area (Å²) in [6.07, 6.45) is 0. The van der Waals surface area contributed by atoms with E-state index in [2.05, 4.69) is 176 Å². The first-order valence-electron chi connectivity index (χ1n) is 17.9. The van der Waals surface area contributed by atoms with Gasteiger partial charge in [-0.25, -0.2) is 9.97 Å². The second kappa shape index (κ2) is 13.1. The van der Waals surface area contributed by atoms with Crippen LogP contribution in [0.1, 0.15) is 0 Å². The normalized spacial score (nSPS) is 11.4. The van der Waals surface area contributed by atoms with Crippen molar-refractivity contribution in [1.29, 1.82) is 0 Å². The van der Waals surface area contributed by atoms with Gasteiger partial charge in [0.25, 0.3) is 0 Å². The molecular formula is C50H32N2S. The predicted octanol–water partition coefficient (Wildman–Crippen LogP) is 14.0. The van der Waals surface area contributed by atoms with Gasteiger partial charge in [0.05, 0.1) is 11.4 Å². The third-order valence-corrected chi connectivity index (χ3v) is 11.3. The molecule has 10 rings (SSSR count). The van der Waals surface area contributed by atoms with Crippen LogP contribution >= 0.6 is 11.3 Å². The Morgan fingerprint density at radius 3 is 1.72 bits per heavy atom. The number of rotatable bonds is 6. The van der Waals surface area contributed by atoms with Crippen LogP contribution < -0.4 is 0 Å². The van der Waals surface area contributed by atoms with Crippen LogP contribution in [0.3, 0.4) is 0 Å². The van der Waals surface area contributed by atoms with E-state index in [4.69, 9.17) is 9.97 Å². The number of benzene rings is 8. The molecule has 0 aliphatic carbocycles. The fourth-order valence-corrected chi connectivity index (χ4v) is 8.72. The van der Waals surface area contributed by atoms with Crippen LogP contribution in [-0.4, -0.2) is 9.97 Å². The first-order chi connectivity index (χ1) is 26.2. The summed E-state index contributed by atoms with van der Waals surface area (Å²) in [5.41, 5.74) is 11.9. The summed E-state index contributed by atoms with van der Waals surface area (Å²) >= 11 is 1.86. The molecule has 0 bridgehead atoms. The molecule has 0 saturated carbocycles. The van der Waals surface area contributed by atoms with E-state index in [1.807, 2.05) is 29.5 Å². The fraction of sp³-hybridized carbons (Fsp3) is 0. The molecule has 2 aromatic heterocycles. The number of thiophene rings is 1. The van der Waals surface area contributed by atoms with Crippen molar-refractivity contribution >= 4 is 42.3 Å². The van der Waals surface area contributed by atoms with Crippen LogP contribution in [0.25, 0.3) is 98.2 Å². The van der Waals surface area contributed by atoms with Gasteiger partial charge in [-0.1, -0.05) is 158 Å². The highest BCUT2D eigenvalue weighted by molar-refractivity contribution is 7.26. The Balaban J connectivity index is 1.18. The van der Waals surface area contributed by atoms with Crippen LogP contribution in [0.4, 0.5) is 0 Å². The minimum Gasteiger partial charge on any atom is -0.228 e. The average Bonchev–Trinajstić information content (AvgIpc) is 3.63. The molecule has 0 N–H and O–H groups in total. The van der Waals surface area contributed by atoms with E-state index < -0.39 is 0 Å². The van der Waals surface area contributed by atoms with Gasteiger partial charge in [-0.15, -0.1) is 11.3 Å². The molecule has 2 heterocycles. The summed E-state index contributed by atoms with van der Waals surface area (Å²) in [5.74, 6) is 0.701. The Kier molecular flexibility index (Phi) is 7.71. The number of aromatic nitrogens is 2. The molecule has 0 fully saturated rings. The monoisotopic (exact) mass is 692 g/mol. The lowest BCUT2D eigenvalue weighted by Gasteiger charge is -2.14. The predicted molar refractivity (Wildman–Crippen MR) is 225 cm³/mol. The minimum atomic E-state index is 0.701. The van der Waals surface area contributed by atoms with Gasteiger partial charge in [0.1, 0.15) is 0 Å². The van der Waals surface area contributed by atoms with Crippen molar-refractivity contribution in [3.8, 4) is 67.3 Å². The zero-order valence-electron chi connectivity index (χ0n) is 28.8. The molecule has 53 heavy (non-hydrogen) atoms. The Morgan fingerprint density at radius 1 is 0.321 bits per heavy atom. The van der Waals surface area contributed by atoms with Gasteiger partial charge in [-0.3, -0.25) is 0 Å². The van der Waals surface area contributed by atoms with E-state index in [9.17, 15) is 0 Å². The lowest BCUT2D eigenvalue weighted by atomic mass is 9.93. The summed E-state index contributed by atoms with van der Waals surface area (Å²) in [6.45, 7) is 0. The van der Waals surface area contributed by atoms with Gasteiger partial charge in [-0.05, 0) is 80.6 Å². The molecule has 0 aliphatic rings. The number of nitrogens with zero attached hydrogens (tertiary/aromatic N) is 2. The summed E-state index contributed by atoms with van der Waals surface area (Å²) in [6, 6.07) is 69.2. The highest BCUT2D eigenvalue weighted by atomic mass is 32.1. The average molecular weight is 693 g/mol. The molecule has 0 unspecified atom stereocenters. The van der Waals surface area contributed by atoms with Crippen molar-refractivity contribution in [2.45, 2.75) is 0 Å². The second-order valence-corrected chi connectivity index (χ2v) is 14.4. The lowest BCUT2D eigenvalue weighted by molar-refractivity contribution is 1.18. The van der Waals surface area contributed by atoms with Crippen molar-refractivity contribution < 1.29 is 0 Å². The number of fused-ring (bicyclic) bond motifs is 4. The van der Waals surface area contributed by atoms with Crippen LogP contribution in [0.5, 0.6) is 0 Å². The smallest absolute Gasteiger partial charge is 0.160 e. The molecule has 3 heteroatoms. The fourth-order valence-electron chi connectivity index (χ4n) is 7.49. The topological polar surface area (TPSA) is 25.8 Å². The zero-order valence-corrected chi connectivity index (χ0v) is 29.6. The molecule has 248 valence electrons. The van der Waals surface area contributed by atoms with Crippen molar-refractivity contribution in [3.63, 3.8) is 0 Å². The maximum atomic E-state index is 5.28. The molecule has 0 spiro atoms. The van der Waals surface area contributed by atoms with E-state index in [0.717, 1.165) is 44.8 Å². The van der Waals surface area contributed by atoms with Crippen LogP contribution in [0.2, 0.25) is 0 Å². The van der Waals surface area contributed by atoms with Crippen LogP contribution in [-0.2, 0) is 0 Å². The van der Waals surface area contributed by atoms with Gasteiger partial charge >= 0.3 is 0 Å². The zero-order chi connectivity index (χ0) is 35.1. The molecule has 0 aliphatic heterocycles. The van der Waals surface area contributed by atoms with Crippen molar-refractivity contribution in [1.82, 2.24) is 9.97 Å². The largest absolute Gasteiger partial charge is 0.228 e. The van der Waals surface area contributed by atoms with Crippen LogP contribution in [0, 0.1) is 0 Å².